The number of carbonyl (C=O) groups is 1. The van der Waals surface area contributed by atoms with Crippen LogP contribution in [0, 0.1) is 0 Å². The van der Waals surface area contributed by atoms with E-state index in [1.807, 2.05) is 36.9 Å². The van der Waals surface area contributed by atoms with E-state index < -0.39 is 0 Å². The lowest BCUT2D eigenvalue weighted by atomic mass is 10.1. The summed E-state index contributed by atoms with van der Waals surface area (Å²) in [6, 6.07) is 11.9. The number of piperazine rings is 1. The first-order chi connectivity index (χ1) is 12.5. The molecule has 0 unspecified atom stereocenters. The normalized spacial score (nSPS) is 15.4. The highest BCUT2D eigenvalue weighted by Gasteiger charge is 2.21. The van der Waals surface area contributed by atoms with Gasteiger partial charge in [0.2, 0.25) is 5.91 Å². The molecule has 1 saturated heterocycles. The second-order valence-electron chi connectivity index (χ2n) is 7.08. The minimum Gasteiger partial charge on any atom is -0.339 e. The van der Waals surface area contributed by atoms with E-state index >= 15 is 0 Å². The average Bonchev–Trinajstić information content (AvgIpc) is 2.64. The Morgan fingerprint density at radius 3 is 2.42 bits per heavy atom. The molecule has 6 heteroatoms. The molecule has 3 rings (SSSR count). The molecule has 1 amide bonds. The van der Waals surface area contributed by atoms with Gasteiger partial charge >= 0.3 is 0 Å². The quantitative estimate of drug-likeness (QED) is 0.820. The van der Waals surface area contributed by atoms with Gasteiger partial charge in [-0.3, -0.25) is 19.1 Å². The van der Waals surface area contributed by atoms with Crippen LogP contribution in [0.25, 0.3) is 0 Å². The standard InChI is InChI=1S/C20H26N4O2/c1-16(2)18-12-19(25)24(15-21-18)14-20(26)23-10-8-22(9-11-23)13-17-6-4-3-5-7-17/h3-7,12,15-16H,8-11,13-14H2,1-2H3. The Morgan fingerprint density at radius 1 is 1.12 bits per heavy atom. The molecule has 0 saturated carbocycles. The third-order valence-corrected chi connectivity index (χ3v) is 4.77. The molecule has 1 aliphatic rings. The zero-order chi connectivity index (χ0) is 18.5. The van der Waals surface area contributed by atoms with E-state index in [9.17, 15) is 9.59 Å². The van der Waals surface area contributed by atoms with Crippen LogP contribution in [-0.4, -0.2) is 51.4 Å². The second-order valence-corrected chi connectivity index (χ2v) is 7.08. The van der Waals surface area contributed by atoms with Crippen LogP contribution in [-0.2, 0) is 17.9 Å². The summed E-state index contributed by atoms with van der Waals surface area (Å²) in [7, 11) is 0. The van der Waals surface area contributed by atoms with Crippen molar-refractivity contribution in [1.29, 1.82) is 0 Å². The lowest BCUT2D eigenvalue weighted by Gasteiger charge is -2.34. The van der Waals surface area contributed by atoms with E-state index in [0.29, 0.717) is 13.1 Å². The number of amides is 1. The molecular weight excluding hydrogens is 328 g/mol. The van der Waals surface area contributed by atoms with Crippen molar-refractivity contribution in [3.05, 3.63) is 64.3 Å². The molecule has 1 aliphatic heterocycles. The van der Waals surface area contributed by atoms with Crippen molar-refractivity contribution in [2.24, 2.45) is 0 Å². The minimum atomic E-state index is -0.167. The summed E-state index contributed by atoms with van der Waals surface area (Å²) >= 11 is 0. The van der Waals surface area contributed by atoms with Crippen LogP contribution < -0.4 is 5.56 Å². The monoisotopic (exact) mass is 354 g/mol. The average molecular weight is 354 g/mol. The van der Waals surface area contributed by atoms with E-state index in [2.05, 4.69) is 22.0 Å². The Labute approximate surface area is 154 Å². The van der Waals surface area contributed by atoms with Crippen molar-refractivity contribution in [2.75, 3.05) is 26.2 Å². The number of benzene rings is 1. The lowest BCUT2D eigenvalue weighted by Crippen LogP contribution is -2.49. The zero-order valence-corrected chi connectivity index (χ0v) is 15.5. The van der Waals surface area contributed by atoms with Gasteiger partial charge in [0.1, 0.15) is 6.54 Å². The van der Waals surface area contributed by atoms with Gasteiger partial charge in [-0.25, -0.2) is 4.98 Å². The van der Waals surface area contributed by atoms with Crippen molar-refractivity contribution in [1.82, 2.24) is 19.4 Å². The van der Waals surface area contributed by atoms with Crippen LogP contribution in [0.5, 0.6) is 0 Å². The molecule has 26 heavy (non-hydrogen) atoms. The number of aromatic nitrogens is 2. The first kappa shape index (κ1) is 18.3. The molecule has 6 nitrogen and oxygen atoms in total. The van der Waals surface area contributed by atoms with Crippen LogP contribution in [0.3, 0.4) is 0 Å². The fourth-order valence-electron chi connectivity index (χ4n) is 3.12. The van der Waals surface area contributed by atoms with Crippen LogP contribution >= 0.6 is 0 Å². The number of nitrogens with zero attached hydrogens (tertiary/aromatic N) is 4. The maximum atomic E-state index is 12.5. The summed E-state index contributed by atoms with van der Waals surface area (Å²) in [4.78, 5) is 33.2. The second kappa shape index (κ2) is 8.27. The van der Waals surface area contributed by atoms with Gasteiger partial charge in [0, 0.05) is 38.8 Å². The minimum absolute atomic E-state index is 0.0226. The Kier molecular flexibility index (Phi) is 5.83. The molecule has 0 atom stereocenters. The molecule has 2 aromatic rings. The Morgan fingerprint density at radius 2 is 1.81 bits per heavy atom. The Hall–Kier alpha value is -2.47. The maximum Gasteiger partial charge on any atom is 0.254 e. The van der Waals surface area contributed by atoms with Gasteiger partial charge in [-0.15, -0.1) is 0 Å². The van der Waals surface area contributed by atoms with Crippen molar-refractivity contribution < 1.29 is 4.79 Å². The summed E-state index contributed by atoms with van der Waals surface area (Å²) in [6.45, 7) is 8.03. The molecule has 0 aliphatic carbocycles. The fraction of sp³-hybridized carbons (Fsp3) is 0.450. The summed E-state index contributed by atoms with van der Waals surface area (Å²) in [5.74, 6) is 0.177. The highest BCUT2D eigenvalue weighted by atomic mass is 16.2. The summed E-state index contributed by atoms with van der Waals surface area (Å²) < 4.78 is 1.39. The van der Waals surface area contributed by atoms with Gasteiger partial charge < -0.3 is 4.90 Å². The van der Waals surface area contributed by atoms with Gasteiger partial charge in [0.05, 0.1) is 12.0 Å². The van der Waals surface area contributed by atoms with Gasteiger partial charge in [0.25, 0.3) is 5.56 Å². The maximum absolute atomic E-state index is 12.5. The van der Waals surface area contributed by atoms with E-state index in [1.165, 1.54) is 22.5 Å². The fourth-order valence-corrected chi connectivity index (χ4v) is 3.12. The molecule has 138 valence electrons. The molecule has 0 radical (unpaired) electrons. The van der Waals surface area contributed by atoms with Crippen molar-refractivity contribution in [2.45, 2.75) is 32.9 Å². The summed E-state index contributed by atoms with van der Waals surface area (Å²) in [5, 5.41) is 0. The lowest BCUT2D eigenvalue weighted by molar-refractivity contribution is -0.133. The van der Waals surface area contributed by atoms with Gasteiger partial charge in [-0.05, 0) is 11.5 Å². The van der Waals surface area contributed by atoms with Gasteiger partial charge in [-0.1, -0.05) is 44.2 Å². The highest BCUT2D eigenvalue weighted by Crippen LogP contribution is 2.10. The molecule has 0 spiro atoms. The smallest absolute Gasteiger partial charge is 0.254 e. The number of hydrogen-bond donors (Lipinski definition) is 0. The van der Waals surface area contributed by atoms with Crippen molar-refractivity contribution in [3.63, 3.8) is 0 Å². The predicted molar refractivity (Wildman–Crippen MR) is 101 cm³/mol. The molecule has 0 N–H and O–H groups in total. The molecular formula is C20H26N4O2. The van der Waals surface area contributed by atoms with Crippen LogP contribution in [0.2, 0.25) is 0 Å². The Balaban J connectivity index is 1.53. The van der Waals surface area contributed by atoms with Crippen molar-refractivity contribution in [3.8, 4) is 0 Å². The van der Waals surface area contributed by atoms with E-state index in [-0.39, 0.29) is 23.9 Å². The summed E-state index contributed by atoms with van der Waals surface area (Å²) in [5.41, 5.74) is 1.88. The highest BCUT2D eigenvalue weighted by molar-refractivity contribution is 5.76. The molecule has 2 heterocycles. The third kappa shape index (κ3) is 4.58. The predicted octanol–water partition coefficient (Wildman–Crippen LogP) is 1.71. The van der Waals surface area contributed by atoms with Crippen molar-refractivity contribution >= 4 is 5.91 Å². The topological polar surface area (TPSA) is 58.4 Å². The van der Waals surface area contributed by atoms with Crippen LogP contribution in [0.15, 0.2) is 47.5 Å². The molecule has 1 aromatic carbocycles. The third-order valence-electron chi connectivity index (χ3n) is 4.77. The number of carbonyl (C=O) groups excluding carboxylic acids is 1. The Bertz CT molecular complexity index is 793. The van der Waals surface area contributed by atoms with Crippen LogP contribution in [0.4, 0.5) is 0 Å². The van der Waals surface area contributed by atoms with E-state index in [4.69, 9.17) is 0 Å². The molecule has 1 fully saturated rings. The SMILES string of the molecule is CC(C)c1cc(=O)n(CC(=O)N2CCN(Cc3ccccc3)CC2)cn1. The summed E-state index contributed by atoms with van der Waals surface area (Å²) in [6.07, 6.45) is 1.49. The zero-order valence-electron chi connectivity index (χ0n) is 15.5. The largest absolute Gasteiger partial charge is 0.339 e. The number of hydrogen-bond acceptors (Lipinski definition) is 4. The molecule has 1 aromatic heterocycles. The van der Waals surface area contributed by atoms with Crippen LogP contribution in [0.1, 0.15) is 31.0 Å². The molecule has 0 bridgehead atoms. The first-order valence-electron chi connectivity index (χ1n) is 9.13. The first-order valence-corrected chi connectivity index (χ1v) is 9.13. The van der Waals surface area contributed by atoms with Gasteiger partial charge in [0.15, 0.2) is 0 Å². The number of rotatable bonds is 5. The van der Waals surface area contributed by atoms with E-state index in [1.54, 1.807) is 0 Å². The van der Waals surface area contributed by atoms with Gasteiger partial charge in [-0.2, -0.15) is 0 Å². The van der Waals surface area contributed by atoms with E-state index in [0.717, 1.165) is 25.3 Å².